The van der Waals surface area contributed by atoms with Crippen molar-refractivity contribution in [2.24, 2.45) is 5.73 Å². The number of hydrogen-bond donors (Lipinski definition) is 1. The first-order valence-corrected chi connectivity index (χ1v) is 7.84. The molecular formula is C16H22N2O2S. The number of nitrogens with zero attached hydrogens (tertiary/aromatic N) is 1. The highest BCUT2D eigenvalue weighted by atomic mass is 32.1. The summed E-state index contributed by atoms with van der Waals surface area (Å²) in [6.45, 7) is 3.48. The Labute approximate surface area is 131 Å². The molecule has 1 aromatic rings. The van der Waals surface area contributed by atoms with Crippen LogP contribution in [0.25, 0.3) is 0 Å². The van der Waals surface area contributed by atoms with E-state index in [1.54, 1.807) is 31.2 Å². The van der Waals surface area contributed by atoms with E-state index in [1.807, 2.05) is 4.90 Å². The van der Waals surface area contributed by atoms with Crippen molar-refractivity contribution in [1.82, 2.24) is 4.90 Å². The molecule has 1 heterocycles. The molecule has 1 fully saturated rings. The molecule has 2 rings (SSSR count). The van der Waals surface area contributed by atoms with E-state index in [9.17, 15) is 4.79 Å². The average Bonchev–Trinajstić information content (AvgIpc) is 2.76. The largest absolute Gasteiger partial charge is 0.481 e. The summed E-state index contributed by atoms with van der Waals surface area (Å²) in [6, 6.07) is 7.20. The number of ether oxygens (including phenoxy) is 1. The minimum Gasteiger partial charge on any atom is -0.481 e. The van der Waals surface area contributed by atoms with Crippen molar-refractivity contribution in [3.63, 3.8) is 0 Å². The Hall–Kier alpha value is -1.62. The first-order chi connectivity index (χ1) is 10.1. The zero-order chi connectivity index (χ0) is 15.2. The zero-order valence-electron chi connectivity index (χ0n) is 12.4. The van der Waals surface area contributed by atoms with Gasteiger partial charge in [-0.2, -0.15) is 0 Å². The Morgan fingerprint density at radius 2 is 1.76 bits per heavy atom. The highest BCUT2D eigenvalue weighted by Crippen LogP contribution is 2.16. The van der Waals surface area contributed by atoms with E-state index in [1.165, 1.54) is 12.8 Å². The van der Waals surface area contributed by atoms with Gasteiger partial charge in [-0.15, -0.1) is 0 Å². The monoisotopic (exact) mass is 306 g/mol. The van der Waals surface area contributed by atoms with Crippen LogP contribution in [-0.2, 0) is 4.79 Å². The molecule has 0 aromatic heterocycles. The van der Waals surface area contributed by atoms with E-state index in [2.05, 4.69) is 0 Å². The Kier molecular flexibility index (Phi) is 5.56. The molecule has 5 heteroatoms. The molecule has 21 heavy (non-hydrogen) atoms. The van der Waals surface area contributed by atoms with Crippen LogP contribution in [0.15, 0.2) is 24.3 Å². The van der Waals surface area contributed by atoms with Crippen LogP contribution in [0.3, 0.4) is 0 Å². The van der Waals surface area contributed by atoms with Gasteiger partial charge in [0.05, 0.1) is 0 Å². The molecular weight excluding hydrogens is 284 g/mol. The SMILES string of the molecule is CC(Oc1ccc(C(N)=S)cc1)C(=O)N1CCCCCC1. The molecule has 1 unspecified atom stereocenters. The maximum absolute atomic E-state index is 12.4. The van der Waals surface area contributed by atoms with Gasteiger partial charge in [0.25, 0.3) is 5.91 Å². The molecule has 1 atom stereocenters. The third-order valence-corrected chi connectivity index (χ3v) is 3.95. The van der Waals surface area contributed by atoms with Gasteiger partial charge < -0.3 is 15.4 Å². The van der Waals surface area contributed by atoms with Crippen molar-refractivity contribution in [2.75, 3.05) is 13.1 Å². The normalized spacial score (nSPS) is 16.9. The summed E-state index contributed by atoms with van der Waals surface area (Å²) < 4.78 is 5.73. The summed E-state index contributed by atoms with van der Waals surface area (Å²) in [6.07, 6.45) is 4.11. The van der Waals surface area contributed by atoms with Gasteiger partial charge in [-0.05, 0) is 44.0 Å². The zero-order valence-corrected chi connectivity index (χ0v) is 13.2. The number of benzene rings is 1. The van der Waals surface area contributed by atoms with Crippen molar-refractivity contribution in [1.29, 1.82) is 0 Å². The number of carbonyl (C=O) groups is 1. The second-order valence-electron chi connectivity index (χ2n) is 5.39. The average molecular weight is 306 g/mol. The Bertz CT molecular complexity index is 494. The maximum Gasteiger partial charge on any atom is 0.263 e. The lowest BCUT2D eigenvalue weighted by atomic mass is 10.2. The number of amides is 1. The summed E-state index contributed by atoms with van der Waals surface area (Å²) in [5.74, 6) is 0.723. The fourth-order valence-corrected chi connectivity index (χ4v) is 2.64. The predicted octanol–water partition coefficient (Wildman–Crippen LogP) is 2.49. The van der Waals surface area contributed by atoms with Gasteiger partial charge in [-0.1, -0.05) is 25.1 Å². The second-order valence-corrected chi connectivity index (χ2v) is 5.83. The molecule has 0 radical (unpaired) electrons. The molecule has 0 spiro atoms. The third-order valence-electron chi connectivity index (χ3n) is 3.72. The quantitative estimate of drug-likeness (QED) is 0.868. The van der Waals surface area contributed by atoms with Gasteiger partial charge in [-0.3, -0.25) is 4.79 Å². The Morgan fingerprint density at radius 1 is 1.19 bits per heavy atom. The lowest BCUT2D eigenvalue weighted by molar-refractivity contribution is -0.137. The van der Waals surface area contributed by atoms with Crippen LogP contribution >= 0.6 is 12.2 Å². The highest BCUT2D eigenvalue weighted by Gasteiger charge is 2.22. The first kappa shape index (κ1) is 15.8. The minimum absolute atomic E-state index is 0.0651. The van der Waals surface area contributed by atoms with Crippen LogP contribution in [0, 0.1) is 0 Å². The third kappa shape index (κ3) is 4.43. The standard InChI is InChI=1S/C16H22N2O2S/c1-12(16(19)18-10-4-2-3-5-11-18)20-14-8-6-13(7-9-14)15(17)21/h6-9,12H,2-5,10-11H2,1H3,(H2,17,21). The van der Waals surface area contributed by atoms with E-state index in [0.29, 0.717) is 10.7 Å². The van der Waals surface area contributed by atoms with E-state index in [4.69, 9.17) is 22.7 Å². The van der Waals surface area contributed by atoms with Crippen LogP contribution in [0.4, 0.5) is 0 Å². The molecule has 0 saturated carbocycles. The van der Waals surface area contributed by atoms with E-state index < -0.39 is 6.10 Å². The van der Waals surface area contributed by atoms with Gasteiger partial charge in [0, 0.05) is 18.7 Å². The summed E-state index contributed by atoms with van der Waals surface area (Å²) in [5.41, 5.74) is 6.35. The van der Waals surface area contributed by atoms with Crippen LogP contribution < -0.4 is 10.5 Å². The number of rotatable bonds is 4. The van der Waals surface area contributed by atoms with E-state index in [0.717, 1.165) is 31.5 Å². The van der Waals surface area contributed by atoms with E-state index in [-0.39, 0.29) is 5.91 Å². The lowest BCUT2D eigenvalue weighted by Crippen LogP contribution is -2.41. The Balaban J connectivity index is 1.94. The van der Waals surface area contributed by atoms with Gasteiger partial charge in [-0.25, -0.2) is 0 Å². The second kappa shape index (κ2) is 7.41. The molecule has 1 aliphatic heterocycles. The number of nitrogens with two attached hydrogens (primary N) is 1. The van der Waals surface area contributed by atoms with E-state index >= 15 is 0 Å². The number of likely N-dealkylation sites (tertiary alicyclic amines) is 1. The topological polar surface area (TPSA) is 55.6 Å². The number of thiocarbonyl (C=S) groups is 1. The molecule has 2 N–H and O–H groups in total. The van der Waals surface area contributed by atoms with Crippen molar-refractivity contribution in [3.05, 3.63) is 29.8 Å². The fourth-order valence-electron chi connectivity index (χ4n) is 2.50. The van der Waals surface area contributed by atoms with Crippen molar-refractivity contribution in [3.8, 4) is 5.75 Å². The molecule has 4 nitrogen and oxygen atoms in total. The molecule has 0 bridgehead atoms. The van der Waals surface area contributed by atoms with Gasteiger partial charge in [0.1, 0.15) is 10.7 Å². The predicted molar refractivity (Wildman–Crippen MR) is 87.5 cm³/mol. The summed E-state index contributed by atoms with van der Waals surface area (Å²) in [4.78, 5) is 14.7. The first-order valence-electron chi connectivity index (χ1n) is 7.43. The molecule has 114 valence electrons. The molecule has 1 amide bonds. The lowest BCUT2D eigenvalue weighted by Gasteiger charge is -2.24. The maximum atomic E-state index is 12.4. The molecule has 1 aliphatic rings. The van der Waals surface area contributed by atoms with Crippen LogP contribution in [0.1, 0.15) is 38.2 Å². The van der Waals surface area contributed by atoms with Crippen molar-refractivity contribution >= 4 is 23.1 Å². The fraction of sp³-hybridized carbons (Fsp3) is 0.500. The smallest absolute Gasteiger partial charge is 0.263 e. The minimum atomic E-state index is -0.473. The summed E-state index contributed by atoms with van der Waals surface area (Å²) in [7, 11) is 0. The van der Waals surface area contributed by atoms with Crippen LogP contribution in [0.2, 0.25) is 0 Å². The highest BCUT2D eigenvalue weighted by molar-refractivity contribution is 7.80. The van der Waals surface area contributed by atoms with Gasteiger partial charge in [0.15, 0.2) is 6.10 Å². The van der Waals surface area contributed by atoms with Crippen LogP contribution in [-0.4, -0.2) is 35.0 Å². The van der Waals surface area contributed by atoms with Crippen LogP contribution in [0.5, 0.6) is 5.75 Å². The summed E-state index contributed by atoms with van der Waals surface area (Å²) >= 11 is 4.91. The molecule has 1 aromatic carbocycles. The molecule has 1 saturated heterocycles. The molecule has 0 aliphatic carbocycles. The van der Waals surface area contributed by atoms with Gasteiger partial charge in [0.2, 0.25) is 0 Å². The number of carbonyl (C=O) groups excluding carboxylic acids is 1. The van der Waals surface area contributed by atoms with Gasteiger partial charge >= 0.3 is 0 Å². The number of hydrogen-bond acceptors (Lipinski definition) is 3. The Morgan fingerprint density at radius 3 is 2.29 bits per heavy atom. The van der Waals surface area contributed by atoms with Crippen molar-refractivity contribution in [2.45, 2.75) is 38.7 Å². The van der Waals surface area contributed by atoms with Crippen molar-refractivity contribution < 1.29 is 9.53 Å². The summed E-state index contributed by atoms with van der Waals surface area (Å²) in [5, 5.41) is 0.